The predicted octanol–water partition coefficient (Wildman–Crippen LogP) is 3.15. The minimum atomic E-state index is 0.787. The molecule has 1 N–H and O–H groups in total. The molecule has 3 nitrogen and oxygen atoms in total. The Balaban J connectivity index is 2.27. The summed E-state index contributed by atoms with van der Waals surface area (Å²) in [5.74, 6) is 1.63. The van der Waals surface area contributed by atoms with E-state index in [0.717, 1.165) is 23.0 Å². The third kappa shape index (κ3) is 2.57. The molecule has 0 amide bonds. The Hall–Kier alpha value is -1.90. The molecular weight excluding hydrogens is 198 g/mol. The molecule has 0 saturated heterocycles. The topological polar surface area (TPSA) is 37.8 Å². The zero-order chi connectivity index (χ0) is 11.5. The Morgan fingerprint density at radius 3 is 2.50 bits per heavy atom. The number of nitrogens with one attached hydrogen (secondary N) is 1. The van der Waals surface area contributed by atoms with E-state index >= 15 is 0 Å². The Labute approximate surface area is 95.6 Å². The monoisotopic (exact) mass is 213 g/mol. The van der Waals surface area contributed by atoms with E-state index in [1.54, 1.807) is 0 Å². The minimum Gasteiger partial charge on any atom is -0.340 e. The molecular formula is C13H15N3. The van der Waals surface area contributed by atoms with Gasteiger partial charge in [-0.3, -0.25) is 0 Å². The van der Waals surface area contributed by atoms with Crippen LogP contribution in [0, 0.1) is 20.8 Å². The van der Waals surface area contributed by atoms with Gasteiger partial charge in [0.1, 0.15) is 11.6 Å². The van der Waals surface area contributed by atoms with Crippen molar-refractivity contribution in [2.45, 2.75) is 20.8 Å². The molecule has 0 bridgehead atoms. The molecule has 0 unspecified atom stereocenters. The molecule has 0 aliphatic heterocycles. The van der Waals surface area contributed by atoms with Crippen molar-refractivity contribution in [3.05, 3.63) is 47.4 Å². The van der Waals surface area contributed by atoms with Crippen LogP contribution in [-0.2, 0) is 0 Å². The summed E-state index contributed by atoms with van der Waals surface area (Å²) < 4.78 is 0. The molecule has 0 aliphatic rings. The van der Waals surface area contributed by atoms with Gasteiger partial charge in [0.05, 0.1) is 0 Å². The van der Waals surface area contributed by atoms with Gasteiger partial charge in [-0.2, -0.15) is 0 Å². The van der Waals surface area contributed by atoms with Gasteiger partial charge in [0.2, 0.25) is 0 Å². The molecule has 1 aromatic heterocycles. The zero-order valence-electron chi connectivity index (χ0n) is 9.78. The number of hydrogen-bond acceptors (Lipinski definition) is 3. The lowest BCUT2D eigenvalue weighted by molar-refractivity contribution is 1.02. The number of anilines is 2. The lowest BCUT2D eigenvalue weighted by Gasteiger charge is -2.07. The van der Waals surface area contributed by atoms with E-state index in [4.69, 9.17) is 0 Å². The van der Waals surface area contributed by atoms with E-state index in [-0.39, 0.29) is 0 Å². The highest BCUT2D eigenvalue weighted by atomic mass is 15.0. The van der Waals surface area contributed by atoms with Crippen molar-refractivity contribution >= 4 is 11.5 Å². The Kier molecular flexibility index (Phi) is 2.86. The highest BCUT2D eigenvalue weighted by Gasteiger charge is 1.99. The summed E-state index contributed by atoms with van der Waals surface area (Å²) >= 11 is 0. The maximum Gasteiger partial charge on any atom is 0.134 e. The lowest BCUT2D eigenvalue weighted by Crippen LogP contribution is -1.98. The third-order valence-electron chi connectivity index (χ3n) is 2.26. The van der Waals surface area contributed by atoms with Crippen molar-refractivity contribution in [1.29, 1.82) is 0 Å². The van der Waals surface area contributed by atoms with Crippen molar-refractivity contribution in [2.24, 2.45) is 0 Å². The van der Waals surface area contributed by atoms with Crippen LogP contribution in [0.25, 0.3) is 0 Å². The summed E-state index contributed by atoms with van der Waals surface area (Å²) in [6.45, 7) is 5.94. The summed E-state index contributed by atoms with van der Waals surface area (Å²) in [4.78, 5) is 8.58. The van der Waals surface area contributed by atoms with Crippen LogP contribution in [0.15, 0.2) is 30.3 Å². The Morgan fingerprint density at radius 2 is 1.81 bits per heavy atom. The van der Waals surface area contributed by atoms with Gasteiger partial charge in [0, 0.05) is 17.4 Å². The summed E-state index contributed by atoms with van der Waals surface area (Å²) in [5.41, 5.74) is 3.26. The van der Waals surface area contributed by atoms with Crippen molar-refractivity contribution in [3.8, 4) is 0 Å². The van der Waals surface area contributed by atoms with Crippen LogP contribution in [0.2, 0.25) is 0 Å². The third-order valence-corrected chi connectivity index (χ3v) is 2.26. The average molecular weight is 213 g/mol. The van der Waals surface area contributed by atoms with Crippen LogP contribution in [-0.4, -0.2) is 9.97 Å². The normalized spacial score (nSPS) is 10.2. The largest absolute Gasteiger partial charge is 0.340 e. The Morgan fingerprint density at radius 1 is 1.00 bits per heavy atom. The number of rotatable bonds is 2. The maximum atomic E-state index is 4.34. The zero-order valence-corrected chi connectivity index (χ0v) is 9.78. The van der Waals surface area contributed by atoms with E-state index < -0.39 is 0 Å². The van der Waals surface area contributed by atoms with Gasteiger partial charge in [-0.25, -0.2) is 9.97 Å². The SMILES string of the molecule is Cc1cccc(Nc2cc(C)nc(C)n2)c1. The molecule has 1 aromatic carbocycles. The second-order valence-corrected chi connectivity index (χ2v) is 3.94. The summed E-state index contributed by atoms with van der Waals surface area (Å²) in [6.07, 6.45) is 0. The van der Waals surface area contributed by atoms with Crippen molar-refractivity contribution in [2.75, 3.05) is 5.32 Å². The van der Waals surface area contributed by atoms with Crippen molar-refractivity contribution < 1.29 is 0 Å². The van der Waals surface area contributed by atoms with E-state index in [9.17, 15) is 0 Å². The molecule has 2 aromatic rings. The number of hydrogen-bond donors (Lipinski definition) is 1. The molecule has 0 atom stereocenters. The van der Waals surface area contributed by atoms with Crippen LogP contribution < -0.4 is 5.32 Å². The molecule has 2 rings (SSSR count). The van der Waals surface area contributed by atoms with Gasteiger partial charge in [0.15, 0.2) is 0 Å². The van der Waals surface area contributed by atoms with E-state index in [1.807, 2.05) is 32.0 Å². The molecule has 0 fully saturated rings. The van der Waals surface area contributed by atoms with Crippen LogP contribution in [0.1, 0.15) is 17.1 Å². The second-order valence-electron chi connectivity index (χ2n) is 3.94. The first-order chi connectivity index (χ1) is 7.63. The van der Waals surface area contributed by atoms with Crippen molar-refractivity contribution in [1.82, 2.24) is 9.97 Å². The van der Waals surface area contributed by atoms with Gasteiger partial charge < -0.3 is 5.32 Å². The Bertz CT molecular complexity index is 486. The second kappa shape index (κ2) is 4.31. The molecule has 3 heteroatoms. The lowest BCUT2D eigenvalue weighted by atomic mass is 10.2. The quantitative estimate of drug-likeness (QED) is 0.832. The standard InChI is InChI=1S/C13H15N3/c1-9-5-4-6-12(7-9)16-13-8-10(2)14-11(3)15-13/h4-8H,1-3H3,(H,14,15,16). The fourth-order valence-corrected chi connectivity index (χ4v) is 1.65. The fourth-order valence-electron chi connectivity index (χ4n) is 1.65. The van der Waals surface area contributed by atoms with Crippen LogP contribution in [0.4, 0.5) is 11.5 Å². The molecule has 0 radical (unpaired) electrons. The number of aryl methyl sites for hydroxylation is 3. The smallest absolute Gasteiger partial charge is 0.134 e. The van der Waals surface area contributed by atoms with E-state index in [0.29, 0.717) is 0 Å². The summed E-state index contributed by atoms with van der Waals surface area (Å²) in [7, 11) is 0. The van der Waals surface area contributed by atoms with Gasteiger partial charge in [-0.05, 0) is 38.5 Å². The van der Waals surface area contributed by atoms with Crippen LogP contribution in [0.5, 0.6) is 0 Å². The highest BCUT2D eigenvalue weighted by Crippen LogP contribution is 2.16. The van der Waals surface area contributed by atoms with Gasteiger partial charge >= 0.3 is 0 Å². The van der Waals surface area contributed by atoms with E-state index in [1.165, 1.54) is 5.56 Å². The first-order valence-corrected chi connectivity index (χ1v) is 5.29. The van der Waals surface area contributed by atoms with Gasteiger partial charge in [0.25, 0.3) is 0 Å². The molecule has 0 spiro atoms. The highest BCUT2D eigenvalue weighted by molar-refractivity contribution is 5.57. The molecule has 1 heterocycles. The predicted molar refractivity (Wildman–Crippen MR) is 66.0 cm³/mol. The number of nitrogens with zero attached hydrogens (tertiary/aromatic N) is 2. The molecule has 16 heavy (non-hydrogen) atoms. The van der Waals surface area contributed by atoms with Crippen molar-refractivity contribution in [3.63, 3.8) is 0 Å². The molecule has 0 saturated carbocycles. The first-order valence-electron chi connectivity index (χ1n) is 5.29. The number of aromatic nitrogens is 2. The van der Waals surface area contributed by atoms with Gasteiger partial charge in [-0.1, -0.05) is 12.1 Å². The molecule has 0 aliphatic carbocycles. The van der Waals surface area contributed by atoms with Gasteiger partial charge in [-0.15, -0.1) is 0 Å². The van der Waals surface area contributed by atoms with E-state index in [2.05, 4.69) is 34.3 Å². The average Bonchev–Trinajstić information content (AvgIpc) is 2.15. The van der Waals surface area contributed by atoms with Crippen LogP contribution in [0.3, 0.4) is 0 Å². The van der Waals surface area contributed by atoms with Crippen LogP contribution >= 0.6 is 0 Å². The number of benzene rings is 1. The first kappa shape index (κ1) is 10.6. The summed E-state index contributed by atoms with van der Waals surface area (Å²) in [6, 6.07) is 10.2. The molecule has 82 valence electrons. The minimum absolute atomic E-state index is 0.787. The summed E-state index contributed by atoms with van der Waals surface area (Å²) in [5, 5.41) is 3.28. The maximum absolute atomic E-state index is 4.34. The fraction of sp³-hybridized carbons (Fsp3) is 0.231.